The van der Waals surface area contributed by atoms with Gasteiger partial charge in [-0.05, 0) is 59.7 Å². The van der Waals surface area contributed by atoms with Gasteiger partial charge in [-0.25, -0.2) is 9.59 Å². The summed E-state index contributed by atoms with van der Waals surface area (Å²) in [6.07, 6.45) is 0. The molecule has 3 aromatic rings. The number of carboxylic acid groups (broad SMARTS) is 2. The minimum absolute atomic E-state index is 0.0566. The first-order chi connectivity index (χ1) is 19.1. The Bertz CT molecular complexity index is 1820. The molecule has 1 aliphatic carbocycles. The maximum Gasteiger partial charge on any atom is 0.336 e. The molecule has 0 fully saturated rings. The van der Waals surface area contributed by atoms with Crippen LogP contribution in [0.5, 0.6) is 0 Å². The molecule has 1 heterocycles. The summed E-state index contributed by atoms with van der Waals surface area (Å²) in [6.45, 7) is 0.141. The Labute approximate surface area is 228 Å². The number of carboxylic acids is 2. The first-order valence-electron chi connectivity index (χ1n) is 12.3. The summed E-state index contributed by atoms with van der Waals surface area (Å²) in [7, 11) is 3.81. The first-order valence-corrected chi connectivity index (χ1v) is 12.3. The fourth-order valence-electron chi connectivity index (χ4n) is 4.58. The van der Waals surface area contributed by atoms with Crippen molar-refractivity contribution in [2.45, 2.75) is 6.54 Å². The number of hydrogen-bond acceptors (Lipinski definition) is 6. The lowest BCUT2D eigenvalue weighted by Crippen LogP contribution is -2.23. The fourth-order valence-corrected chi connectivity index (χ4v) is 4.58. The van der Waals surface area contributed by atoms with E-state index in [0.717, 1.165) is 5.69 Å². The maximum absolute atomic E-state index is 12.9. The minimum atomic E-state index is -1.20. The highest BCUT2D eigenvalue weighted by atomic mass is 16.4. The summed E-state index contributed by atoms with van der Waals surface area (Å²) < 4.78 is 6.15. The Kier molecular flexibility index (Phi) is 6.79. The number of anilines is 1. The molecule has 3 aromatic carbocycles. The minimum Gasteiger partial charge on any atom is -0.478 e. The molecule has 4 N–H and O–H groups in total. The second-order valence-corrected chi connectivity index (χ2v) is 9.51. The smallest absolute Gasteiger partial charge is 0.336 e. The van der Waals surface area contributed by atoms with E-state index in [9.17, 15) is 19.5 Å². The van der Waals surface area contributed by atoms with Gasteiger partial charge in [0.15, 0.2) is 0 Å². The van der Waals surface area contributed by atoms with Gasteiger partial charge in [-0.2, -0.15) is 0 Å². The van der Waals surface area contributed by atoms with Gasteiger partial charge in [-0.3, -0.25) is 4.79 Å². The Hall–Kier alpha value is -5.44. The van der Waals surface area contributed by atoms with Crippen molar-refractivity contribution in [2.24, 2.45) is 0 Å². The highest BCUT2D eigenvalue weighted by Gasteiger charge is 2.23. The molecule has 0 radical (unpaired) electrons. The van der Waals surface area contributed by atoms with Crippen LogP contribution in [0, 0.1) is 5.41 Å². The number of hydrogen-bond donors (Lipinski definition) is 4. The number of aromatic carboxylic acids is 2. The molecule has 0 bridgehead atoms. The molecular weight excluding hydrogens is 510 g/mol. The van der Waals surface area contributed by atoms with Crippen molar-refractivity contribution in [3.05, 3.63) is 106 Å². The van der Waals surface area contributed by atoms with Gasteiger partial charge in [0.25, 0.3) is 5.91 Å². The molecule has 40 heavy (non-hydrogen) atoms. The Morgan fingerprint density at radius 3 is 2.20 bits per heavy atom. The van der Waals surface area contributed by atoms with Gasteiger partial charge in [-0.15, -0.1) is 0 Å². The van der Waals surface area contributed by atoms with Gasteiger partial charge in [0, 0.05) is 60.5 Å². The number of amides is 1. The third kappa shape index (κ3) is 5.00. The van der Waals surface area contributed by atoms with E-state index in [1.807, 2.05) is 37.2 Å². The lowest BCUT2D eigenvalue weighted by atomic mass is 9.89. The Morgan fingerprint density at radius 2 is 1.52 bits per heavy atom. The van der Waals surface area contributed by atoms with Crippen molar-refractivity contribution in [1.82, 2.24) is 5.32 Å². The third-order valence-electron chi connectivity index (χ3n) is 6.66. The normalized spacial score (nSPS) is 10.9. The van der Waals surface area contributed by atoms with Crippen molar-refractivity contribution < 1.29 is 29.0 Å². The molecule has 0 saturated carbocycles. The Balaban J connectivity index is 1.57. The van der Waals surface area contributed by atoms with E-state index in [-0.39, 0.29) is 28.6 Å². The summed E-state index contributed by atoms with van der Waals surface area (Å²) in [5.41, 5.74) is 4.06. The number of nitrogens with zero attached hydrogens (tertiary/aromatic N) is 1. The summed E-state index contributed by atoms with van der Waals surface area (Å²) >= 11 is 0. The van der Waals surface area contributed by atoms with Crippen LogP contribution in [0.1, 0.15) is 36.6 Å². The summed E-state index contributed by atoms with van der Waals surface area (Å²) in [5.74, 6) is -2.26. The van der Waals surface area contributed by atoms with E-state index < -0.39 is 17.8 Å². The van der Waals surface area contributed by atoms with Crippen LogP contribution < -0.4 is 15.6 Å². The molecule has 0 aromatic heterocycles. The zero-order valence-electron chi connectivity index (χ0n) is 21.7. The third-order valence-corrected chi connectivity index (χ3v) is 6.66. The molecule has 1 amide bonds. The summed E-state index contributed by atoms with van der Waals surface area (Å²) in [4.78, 5) is 38.4. The van der Waals surface area contributed by atoms with E-state index in [1.165, 1.54) is 18.2 Å². The zero-order chi connectivity index (χ0) is 28.6. The molecule has 2 aliphatic rings. The van der Waals surface area contributed by atoms with Crippen LogP contribution in [-0.2, 0) is 6.54 Å². The largest absolute Gasteiger partial charge is 0.478 e. The van der Waals surface area contributed by atoms with Gasteiger partial charge in [0.2, 0.25) is 0 Å². The fraction of sp³-hybridized carbons (Fsp3) is 0.0968. The molecule has 0 atom stereocenters. The standard InChI is InChI=1S/C31H25N3O6/c1-34(2)21-9-12-24-27(15-21)40-26-14-20(32)8-11-23(26)28(24)22-10-7-19(13-25(22)31(38)39)29(35)33-16-17-3-5-18(6-4-17)30(36)37/h3-15,32H,16H2,1-2H3,(H,33,35)(H,36,37)(H,38,39). The predicted octanol–water partition coefficient (Wildman–Crippen LogP) is 5.08. The second kappa shape index (κ2) is 10.4. The average molecular weight is 536 g/mol. The first kappa shape index (κ1) is 26.2. The van der Waals surface area contributed by atoms with Crippen molar-refractivity contribution in [3.8, 4) is 22.5 Å². The topological polar surface area (TPSA) is 144 Å². The van der Waals surface area contributed by atoms with Crippen LogP contribution in [-0.4, -0.2) is 42.2 Å². The van der Waals surface area contributed by atoms with Crippen LogP contribution in [0.25, 0.3) is 33.4 Å². The maximum atomic E-state index is 12.9. The molecular formula is C31H25N3O6. The van der Waals surface area contributed by atoms with E-state index >= 15 is 0 Å². The highest BCUT2D eigenvalue weighted by Crippen LogP contribution is 2.42. The summed E-state index contributed by atoms with van der Waals surface area (Å²) in [6, 6.07) is 21.2. The van der Waals surface area contributed by atoms with E-state index in [4.69, 9.17) is 14.9 Å². The molecule has 1 aliphatic heterocycles. The molecule has 0 spiro atoms. The van der Waals surface area contributed by atoms with Crippen molar-refractivity contribution in [3.63, 3.8) is 0 Å². The highest BCUT2D eigenvalue weighted by molar-refractivity contribution is 6.09. The van der Waals surface area contributed by atoms with Crippen molar-refractivity contribution in [2.75, 3.05) is 19.0 Å². The SMILES string of the molecule is CN(C)c1ccc2c(-c3ccc(C(=O)NCc4ccc(C(=O)O)cc4)cc3C(=O)O)c3ccc(=N)cc-3oc2c1. The number of carbonyl (C=O) groups excluding carboxylic acids is 1. The lowest BCUT2D eigenvalue weighted by molar-refractivity contribution is 0.0686. The van der Waals surface area contributed by atoms with Crippen molar-refractivity contribution in [1.29, 1.82) is 5.41 Å². The molecule has 0 unspecified atom stereocenters. The second-order valence-electron chi connectivity index (χ2n) is 9.51. The van der Waals surface area contributed by atoms with Gasteiger partial charge in [0.1, 0.15) is 11.3 Å². The van der Waals surface area contributed by atoms with E-state index in [0.29, 0.717) is 39.0 Å². The van der Waals surface area contributed by atoms with Crippen LogP contribution in [0.4, 0.5) is 5.69 Å². The van der Waals surface area contributed by atoms with Gasteiger partial charge in [0.05, 0.1) is 16.5 Å². The van der Waals surface area contributed by atoms with Gasteiger partial charge in [-0.1, -0.05) is 18.2 Å². The van der Waals surface area contributed by atoms with Crippen LogP contribution >= 0.6 is 0 Å². The molecule has 200 valence electrons. The number of carbonyl (C=O) groups is 3. The average Bonchev–Trinajstić information content (AvgIpc) is 2.94. The van der Waals surface area contributed by atoms with Crippen LogP contribution in [0.2, 0.25) is 0 Å². The molecule has 5 rings (SSSR count). The quantitative estimate of drug-likeness (QED) is 0.213. The van der Waals surface area contributed by atoms with E-state index in [2.05, 4.69) is 5.32 Å². The number of nitrogens with one attached hydrogen (secondary N) is 2. The lowest BCUT2D eigenvalue weighted by Gasteiger charge is -2.19. The summed E-state index contributed by atoms with van der Waals surface area (Å²) in [5, 5.41) is 31.0. The van der Waals surface area contributed by atoms with E-state index in [1.54, 1.807) is 42.5 Å². The monoisotopic (exact) mass is 535 g/mol. The number of fused-ring (bicyclic) bond motifs is 2. The van der Waals surface area contributed by atoms with Gasteiger partial charge >= 0.3 is 11.9 Å². The van der Waals surface area contributed by atoms with Gasteiger partial charge < -0.3 is 30.3 Å². The van der Waals surface area contributed by atoms with Crippen LogP contribution in [0.15, 0.2) is 83.3 Å². The number of rotatable bonds is 7. The van der Waals surface area contributed by atoms with Crippen LogP contribution in [0.3, 0.4) is 0 Å². The number of benzene rings is 4. The van der Waals surface area contributed by atoms with Crippen molar-refractivity contribution >= 4 is 34.5 Å². The Morgan fingerprint density at radius 1 is 0.825 bits per heavy atom. The predicted molar refractivity (Wildman–Crippen MR) is 150 cm³/mol. The molecule has 0 saturated heterocycles. The molecule has 9 heteroatoms. The molecule has 9 nitrogen and oxygen atoms in total. The zero-order valence-corrected chi connectivity index (χ0v) is 21.7.